The molecule has 0 radical (unpaired) electrons. The number of fused-ring (bicyclic) bond motifs is 1. The van der Waals surface area contributed by atoms with Crippen molar-refractivity contribution in [2.45, 2.75) is 20.0 Å². The molecule has 0 saturated heterocycles. The second-order valence-electron chi connectivity index (χ2n) is 6.41. The predicted molar refractivity (Wildman–Crippen MR) is 110 cm³/mol. The molecule has 9 heteroatoms. The number of aryl methyl sites for hydroxylation is 1. The van der Waals surface area contributed by atoms with E-state index in [1.807, 2.05) is 48.9 Å². The molecule has 3 aromatic heterocycles. The van der Waals surface area contributed by atoms with Crippen LogP contribution < -0.4 is 14.3 Å². The lowest BCUT2D eigenvalue weighted by atomic mass is 10.1. The zero-order chi connectivity index (χ0) is 20.4. The summed E-state index contributed by atoms with van der Waals surface area (Å²) in [6.07, 6.45) is 0.480. The van der Waals surface area contributed by atoms with E-state index in [4.69, 9.17) is 9.47 Å². The fourth-order valence-electron chi connectivity index (χ4n) is 2.96. The molecule has 0 saturated carbocycles. The number of benzene rings is 1. The molecule has 1 aromatic carbocycles. The summed E-state index contributed by atoms with van der Waals surface area (Å²) < 4.78 is 13.2. The first-order valence-corrected chi connectivity index (χ1v) is 9.93. The van der Waals surface area contributed by atoms with Crippen LogP contribution in [-0.2, 0) is 20.1 Å². The average Bonchev–Trinajstić information content (AvgIpc) is 3.19. The van der Waals surface area contributed by atoms with Crippen molar-refractivity contribution >= 4 is 22.5 Å². The number of hydrogen-bond acceptors (Lipinski definition) is 7. The zero-order valence-electron chi connectivity index (χ0n) is 16.0. The highest BCUT2D eigenvalue weighted by Crippen LogP contribution is 2.23. The van der Waals surface area contributed by atoms with Gasteiger partial charge in [0.05, 0.1) is 11.5 Å². The Balaban J connectivity index is 1.44. The number of H-pyrrole nitrogens is 1. The molecule has 150 valence electrons. The lowest BCUT2D eigenvalue weighted by Crippen LogP contribution is -2.04. The van der Waals surface area contributed by atoms with Crippen LogP contribution in [0.2, 0.25) is 0 Å². The van der Waals surface area contributed by atoms with Gasteiger partial charge in [0.15, 0.2) is 5.65 Å². The number of rotatable bonds is 7. The van der Waals surface area contributed by atoms with Crippen molar-refractivity contribution in [3.63, 3.8) is 0 Å². The van der Waals surface area contributed by atoms with Crippen molar-refractivity contribution < 1.29 is 14.6 Å². The van der Waals surface area contributed by atoms with Crippen LogP contribution in [0.4, 0.5) is 0 Å². The summed E-state index contributed by atoms with van der Waals surface area (Å²) in [5, 5.41) is 9.70. The summed E-state index contributed by atoms with van der Waals surface area (Å²) >= 11 is 1.01. The maximum Gasteiger partial charge on any atom is 0.307 e. The number of ether oxygens (including phenoxy) is 2. The maximum atomic E-state index is 11.3. The van der Waals surface area contributed by atoms with Crippen molar-refractivity contribution in [2.24, 2.45) is 7.05 Å². The normalized spacial score (nSPS) is 11.1. The van der Waals surface area contributed by atoms with Gasteiger partial charge in [-0.25, -0.2) is 4.98 Å². The predicted octanol–water partition coefficient (Wildman–Crippen LogP) is 2.99. The molecule has 4 aromatic rings. The van der Waals surface area contributed by atoms with Gasteiger partial charge in [0.1, 0.15) is 23.7 Å². The molecule has 0 aliphatic carbocycles. The second kappa shape index (κ2) is 7.96. The van der Waals surface area contributed by atoms with Crippen molar-refractivity contribution in [3.8, 4) is 17.5 Å². The van der Waals surface area contributed by atoms with Crippen LogP contribution in [0.15, 0.2) is 41.2 Å². The number of aromatic nitrogens is 4. The largest absolute Gasteiger partial charge is 0.494 e. The number of nitrogens with one attached hydrogen (secondary N) is 1. The Labute approximate surface area is 170 Å². The monoisotopic (exact) mass is 412 g/mol. The number of pyridine rings is 1. The van der Waals surface area contributed by atoms with Gasteiger partial charge in [0, 0.05) is 19.5 Å². The third-order valence-electron chi connectivity index (χ3n) is 4.43. The van der Waals surface area contributed by atoms with E-state index in [0.717, 1.165) is 33.9 Å². The summed E-state index contributed by atoms with van der Waals surface area (Å²) in [6, 6.07) is 11.2. The number of imidazole rings is 1. The van der Waals surface area contributed by atoms with Gasteiger partial charge in [-0.3, -0.25) is 9.78 Å². The Morgan fingerprint density at radius 1 is 1.14 bits per heavy atom. The number of aromatic amines is 1. The molecule has 0 aliphatic heterocycles. The lowest BCUT2D eigenvalue weighted by Gasteiger charge is -2.07. The Kier molecular flexibility index (Phi) is 5.22. The van der Waals surface area contributed by atoms with Gasteiger partial charge in [-0.15, -0.1) is 0 Å². The van der Waals surface area contributed by atoms with Crippen molar-refractivity contribution in [1.82, 2.24) is 19.5 Å². The Morgan fingerprint density at radius 3 is 2.62 bits per heavy atom. The van der Waals surface area contributed by atoms with Gasteiger partial charge in [-0.05, 0) is 30.7 Å². The highest BCUT2D eigenvalue weighted by atomic mass is 32.1. The molecule has 0 aliphatic rings. The molecule has 4 rings (SSSR count). The molecule has 8 nitrogen and oxygen atoms in total. The molecule has 29 heavy (non-hydrogen) atoms. The quantitative estimate of drug-likeness (QED) is 0.484. The van der Waals surface area contributed by atoms with E-state index in [1.54, 1.807) is 6.07 Å². The first-order chi connectivity index (χ1) is 14.0. The minimum Gasteiger partial charge on any atom is -0.494 e. The third-order valence-corrected chi connectivity index (χ3v) is 5.30. The van der Waals surface area contributed by atoms with Gasteiger partial charge in [0.2, 0.25) is 11.8 Å². The minimum atomic E-state index is -0.261. The average molecular weight is 412 g/mol. The SMILES string of the molecule is CCOc1ccc2nc(COc3ccc(Cc4sc(=O)[nH]c4O)cc3)n(C)c2n1. The van der Waals surface area contributed by atoms with Crippen LogP contribution in [0.3, 0.4) is 0 Å². The lowest BCUT2D eigenvalue weighted by molar-refractivity contribution is 0.292. The van der Waals surface area contributed by atoms with Crippen molar-refractivity contribution in [2.75, 3.05) is 6.61 Å². The van der Waals surface area contributed by atoms with E-state index in [0.29, 0.717) is 36.1 Å². The van der Waals surface area contributed by atoms with E-state index in [-0.39, 0.29) is 10.8 Å². The van der Waals surface area contributed by atoms with Crippen molar-refractivity contribution in [3.05, 3.63) is 62.3 Å². The molecule has 0 amide bonds. The zero-order valence-corrected chi connectivity index (χ0v) is 16.8. The smallest absolute Gasteiger partial charge is 0.307 e. The van der Waals surface area contributed by atoms with Gasteiger partial charge in [0.25, 0.3) is 0 Å². The first-order valence-electron chi connectivity index (χ1n) is 9.11. The Morgan fingerprint density at radius 2 is 1.93 bits per heavy atom. The molecule has 0 atom stereocenters. The highest BCUT2D eigenvalue weighted by molar-refractivity contribution is 7.09. The van der Waals surface area contributed by atoms with E-state index in [9.17, 15) is 9.90 Å². The van der Waals surface area contributed by atoms with Crippen LogP contribution in [0, 0.1) is 0 Å². The van der Waals surface area contributed by atoms with Crippen LogP contribution in [0.5, 0.6) is 17.5 Å². The third kappa shape index (κ3) is 4.09. The number of aromatic hydroxyl groups is 1. The molecule has 0 spiro atoms. The summed E-state index contributed by atoms with van der Waals surface area (Å²) in [5.41, 5.74) is 2.50. The van der Waals surface area contributed by atoms with E-state index in [2.05, 4.69) is 15.0 Å². The van der Waals surface area contributed by atoms with E-state index >= 15 is 0 Å². The molecule has 0 bridgehead atoms. The van der Waals surface area contributed by atoms with E-state index in [1.165, 1.54) is 0 Å². The molecule has 3 heterocycles. The van der Waals surface area contributed by atoms with Gasteiger partial charge in [-0.2, -0.15) is 4.98 Å². The molecule has 0 unspecified atom stereocenters. The summed E-state index contributed by atoms with van der Waals surface area (Å²) in [4.78, 5) is 23.1. The maximum absolute atomic E-state index is 11.3. The summed E-state index contributed by atoms with van der Waals surface area (Å²) in [7, 11) is 1.90. The molecule has 0 fully saturated rings. The first kappa shape index (κ1) is 19.0. The van der Waals surface area contributed by atoms with E-state index < -0.39 is 0 Å². The molecule has 2 N–H and O–H groups in total. The van der Waals surface area contributed by atoms with Crippen LogP contribution >= 0.6 is 11.3 Å². The van der Waals surface area contributed by atoms with Gasteiger partial charge < -0.3 is 19.1 Å². The molecular weight excluding hydrogens is 392 g/mol. The van der Waals surface area contributed by atoms with Crippen molar-refractivity contribution in [1.29, 1.82) is 0 Å². The summed E-state index contributed by atoms with van der Waals surface area (Å²) in [6.45, 7) is 2.78. The number of thiazole rings is 1. The van der Waals surface area contributed by atoms with Crippen LogP contribution in [-0.4, -0.2) is 31.2 Å². The van der Waals surface area contributed by atoms with Crippen LogP contribution in [0.1, 0.15) is 23.2 Å². The highest BCUT2D eigenvalue weighted by Gasteiger charge is 2.11. The van der Waals surface area contributed by atoms with Crippen LogP contribution in [0.25, 0.3) is 11.2 Å². The standard InChI is InChI=1S/C20H20N4O4S/c1-3-27-17-9-8-14-18(22-17)24(2)16(21-14)11-28-13-6-4-12(5-7-13)10-15-19(25)23-20(26)29-15/h4-9,25H,3,10-11H2,1-2H3,(H,23,26). The fraction of sp³-hybridized carbons (Fsp3) is 0.250. The van der Waals surface area contributed by atoms with Gasteiger partial charge >= 0.3 is 4.87 Å². The topological polar surface area (TPSA) is 102 Å². The fourth-order valence-corrected chi connectivity index (χ4v) is 3.72. The Hall–Kier alpha value is -3.33. The Bertz CT molecular complexity index is 1190. The summed E-state index contributed by atoms with van der Waals surface area (Å²) in [5.74, 6) is 1.97. The number of hydrogen-bond donors (Lipinski definition) is 2. The number of nitrogens with zero attached hydrogens (tertiary/aromatic N) is 3. The molecular formula is C20H20N4O4S. The minimum absolute atomic E-state index is 0.0664. The van der Waals surface area contributed by atoms with Gasteiger partial charge in [-0.1, -0.05) is 23.5 Å². The second-order valence-corrected chi connectivity index (χ2v) is 7.48.